The average molecular weight is 483 g/mol. The average Bonchev–Trinajstić information content (AvgIpc) is 2.92. The lowest BCUT2D eigenvalue weighted by Crippen LogP contribution is -2.33. The predicted octanol–water partition coefficient (Wildman–Crippen LogP) is 2.72. The molecule has 0 aliphatic heterocycles. The summed E-state index contributed by atoms with van der Waals surface area (Å²) >= 11 is 0. The van der Waals surface area contributed by atoms with Crippen molar-refractivity contribution in [1.82, 2.24) is 21.3 Å². The van der Waals surface area contributed by atoms with Crippen LogP contribution >= 0.6 is 0 Å². The number of carbonyl (C=O) groups excluding carboxylic acids is 4. The van der Waals surface area contributed by atoms with E-state index < -0.39 is 23.6 Å². The quantitative estimate of drug-likeness (QED) is 0.370. The van der Waals surface area contributed by atoms with Gasteiger partial charge in [0.15, 0.2) is 0 Å². The van der Waals surface area contributed by atoms with Crippen LogP contribution in [-0.2, 0) is 9.59 Å². The van der Waals surface area contributed by atoms with Crippen LogP contribution in [0.25, 0.3) is 12.2 Å². The Kier molecular flexibility index (Phi) is 8.88. The van der Waals surface area contributed by atoms with E-state index in [9.17, 15) is 19.2 Å². The van der Waals surface area contributed by atoms with Crippen LogP contribution in [0.2, 0.25) is 0 Å². The Labute approximate surface area is 209 Å². The highest BCUT2D eigenvalue weighted by Gasteiger charge is 2.16. The Balaban J connectivity index is 1.75. The van der Waals surface area contributed by atoms with E-state index in [1.165, 1.54) is 38.4 Å². The normalized spacial score (nSPS) is 11.3. The first kappa shape index (κ1) is 25.6. The molecule has 0 saturated carbocycles. The van der Waals surface area contributed by atoms with Gasteiger partial charge in [0.2, 0.25) is 0 Å². The molecule has 0 aliphatic rings. The molecule has 0 saturated heterocycles. The summed E-state index contributed by atoms with van der Waals surface area (Å²) in [6.45, 7) is 0. The van der Waals surface area contributed by atoms with Crippen LogP contribution in [0, 0.1) is 0 Å². The zero-order chi connectivity index (χ0) is 25.9. The third-order valence-electron chi connectivity index (χ3n) is 5.07. The zero-order valence-electron chi connectivity index (χ0n) is 19.9. The summed E-state index contributed by atoms with van der Waals surface area (Å²) in [6.07, 6.45) is 3.13. The van der Waals surface area contributed by atoms with Crippen LogP contribution in [0.15, 0.2) is 96.3 Å². The Morgan fingerprint density at radius 1 is 0.528 bits per heavy atom. The molecule has 0 unspecified atom stereocenters. The lowest BCUT2D eigenvalue weighted by Gasteiger charge is -2.11. The van der Waals surface area contributed by atoms with Gasteiger partial charge in [-0.15, -0.1) is 0 Å². The second-order valence-electron chi connectivity index (χ2n) is 7.58. The molecule has 3 aromatic carbocycles. The number of hydrogen-bond acceptors (Lipinski definition) is 4. The van der Waals surface area contributed by atoms with Crippen molar-refractivity contribution in [3.63, 3.8) is 0 Å². The van der Waals surface area contributed by atoms with Crippen LogP contribution in [0.5, 0.6) is 0 Å². The van der Waals surface area contributed by atoms with Gasteiger partial charge in [-0.1, -0.05) is 60.7 Å². The summed E-state index contributed by atoms with van der Waals surface area (Å²) in [5, 5.41) is 10.2. The van der Waals surface area contributed by atoms with Gasteiger partial charge in [-0.25, -0.2) is 0 Å². The van der Waals surface area contributed by atoms with Crippen LogP contribution in [0.1, 0.15) is 31.8 Å². The Morgan fingerprint density at radius 3 is 1.17 bits per heavy atom. The van der Waals surface area contributed by atoms with Gasteiger partial charge in [0.25, 0.3) is 23.6 Å². The highest BCUT2D eigenvalue weighted by atomic mass is 16.2. The molecule has 8 nitrogen and oxygen atoms in total. The van der Waals surface area contributed by atoms with Gasteiger partial charge in [-0.2, -0.15) is 0 Å². The Hall–Kier alpha value is -4.98. The topological polar surface area (TPSA) is 116 Å². The fourth-order valence-corrected chi connectivity index (χ4v) is 3.18. The minimum atomic E-state index is -0.511. The molecule has 0 atom stereocenters. The first-order valence-corrected chi connectivity index (χ1v) is 11.1. The standard InChI is InChI=1S/C28H26N4O4/c1-29-27(35)23(17-19-9-5-3-6-10-19)31-25(33)21-13-15-22(16-14-21)26(34)32-24(28(36)30-2)18-20-11-7-4-8-12-20/h3-18H,1-2H3,(H,29,35)(H,30,36)(H,31,33)(H,32,34)/b23-17+,24-18+. The lowest BCUT2D eigenvalue weighted by molar-refractivity contribution is -0.118. The van der Waals surface area contributed by atoms with E-state index in [1.807, 2.05) is 60.7 Å². The molecule has 0 radical (unpaired) electrons. The number of rotatable bonds is 8. The summed E-state index contributed by atoms with van der Waals surface area (Å²) in [6, 6.07) is 24.1. The second kappa shape index (κ2) is 12.5. The number of hydrogen-bond donors (Lipinski definition) is 4. The monoisotopic (exact) mass is 482 g/mol. The van der Waals surface area contributed by atoms with Gasteiger partial charge in [0.05, 0.1) is 0 Å². The maximum Gasteiger partial charge on any atom is 0.267 e. The van der Waals surface area contributed by atoms with E-state index in [0.29, 0.717) is 0 Å². The SMILES string of the molecule is CNC(=O)/C(=C\c1ccccc1)NC(=O)c1ccc(C(=O)N/C(=C/c2ccccc2)C(=O)NC)cc1. The number of carbonyl (C=O) groups is 4. The van der Waals surface area contributed by atoms with Gasteiger partial charge >= 0.3 is 0 Å². The number of nitrogens with one attached hydrogen (secondary N) is 4. The molecule has 3 aromatic rings. The summed E-state index contributed by atoms with van der Waals surface area (Å²) < 4.78 is 0. The van der Waals surface area contributed by atoms with Crippen molar-refractivity contribution in [3.8, 4) is 0 Å². The first-order valence-electron chi connectivity index (χ1n) is 11.1. The van der Waals surface area contributed by atoms with Crippen LogP contribution < -0.4 is 21.3 Å². The fourth-order valence-electron chi connectivity index (χ4n) is 3.18. The van der Waals surface area contributed by atoms with E-state index in [1.54, 1.807) is 12.2 Å². The van der Waals surface area contributed by atoms with Crippen LogP contribution in [-0.4, -0.2) is 37.7 Å². The van der Waals surface area contributed by atoms with E-state index in [4.69, 9.17) is 0 Å². The van der Waals surface area contributed by atoms with Gasteiger partial charge in [-0.05, 0) is 47.5 Å². The molecule has 36 heavy (non-hydrogen) atoms. The largest absolute Gasteiger partial charge is 0.354 e. The van der Waals surface area contributed by atoms with E-state index in [2.05, 4.69) is 21.3 Å². The molecule has 4 amide bonds. The van der Waals surface area contributed by atoms with Crippen molar-refractivity contribution in [2.24, 2.45) is 0 Å². The molecule has 0 bridgehead atoms. The molecule has 0 fully saturated rings. The maximum absolute atomic E-state index is 12.8. The van der Waals surface area contributed by atoms with Crippen molar-refractivity contribution in [1.29, 1.82) is 0 Å². The minimum absolute atomic E-state index is 0.0804. The molecule has 0 spiro atoms. The van der Waals surface area contributed by atoms with Gasteiger partial charge in [0.1, 0.15) is 11.4 Å². The Bertz CT molecular complexity index is 1200. The van der Waals surface area contributed by atoms with Crippen molar-refractivity contribution in [3.05, 3.63) is 119 Å². The van der Waals surface area contributed by atoms with Gasteiger partial charge in [0, 0.05) is 25.2 Å². The van der Waals surface area contributed by atoms with Crippen LogP contribution in [0.3, 0.4) is 0 Å². The number of likely N-dealkylation sites (N-methyl/N-ethyl adjacent to an activating group) is 2. The minimum Gasteiger partial charge on any atom is -0.354 e. The summed E-state index contributed by atoms with van der Waals surface area (Å²) in [5.41, 5.74) is 2.16. The molecule has 3 rings (SSSR count). The van der Waals surface area contributed by atoms with Crippen LogP contribution in [0.4, 0.5) is 0 Å². The second-order valence-corrected chi connectivity index (χ2v) is 7.58. The van der Waals surface area contributed by atoms with E-state index in [-0.39, 0.29) is 22.5 Å². The summed E-state index contributed by atoms with van der Waals surface area (Å²) in [7, 11) is 2.94. The molecular weight excluding hydrogens is 456 g/mol. The highest BCUT2D eigenvalue weighted by Crippen LogP contribution is 2.10. The molecule has 182 valence electrons. The molecule has 0 heterocycles. The maximum atomic E-state index is 12.8. The molecular formula is C28H26N4O4. The van der Waals surface area contributed by atoms with Gasteiger partial charge in [-0.3, -0.25) is 19.2 Å². The Morgan fingerprint density at radius 2 is 0.861 bits per heavy atom. The molecule has 0 aliphatic carbocycles. The van der Waals surface area contributed by atoms with E-state index >= 15 is 0 Å². The number of amides is 4. The lowest BCUT2D eigenvalue weighted by atomic mass is 10.1. The van der Waals surface area contributed by atoms with Crippen molar-refractivity contribution in [2.75, 3.05) is 14.1 Å². The summed E-state index contributed by atoms with van der Waals surface area (Å²) in [5.74, 6) is -1.92. The van der Waals surface area contributed by atoms with Crippen molar-refractivity contribution in [2.45, 2.75) is 0 Å². The van der Waals surface area contributed by atoms with Crippen molar-refractivity contribution >= 4 is 35.8 Å². The zero-order valence-corrected chi connectivity index (χ0v) is 19.9. The number of benzene rings is 3. The highest BCUT2D eigenvalue weighted by molar-refractivity contribution is 6.07. The summed E-state index contributed by atoms with van der Waals surface area (Å²) in [4.78, 5) is 50.0. The van der Waals surface area contributed by atoms with Crippen molar-refractivity contribution < 1.29 is 19.2 Å². The first-order chi connectivity index (χ1) is 17.4. The van der Waals surface area contributed by atoms with E-state index in [0.717, 1.165) is 11.1 Å². The third-order valence-corrected chi connectivity index (χ3v) is 5.07. The molecule has 4 N–H and O–H groups in total. The smallest absolute Gasteiger partial charge is 0.267 e. The van der Waals surface area contributed by atoms with Gasteiger partial charge < -0.3 is 21.3 Å². The molecule has 8 heteroatoms. The molecule has 0 aromatic heterocycles. The third kappa shape index (κ3) is 7.01. The predicted molar refractivity (Wildman–Crippen MR) is 138 cm³/mol. The fraction of sp³-hybridized carbons (Fsp3) is 0.0714.